The predicted molar refractivity (Wildman–Crippen MR) is 115 cm³/mol. The van der Waals surface area contributed by atoms with Gasteiger partial charge in [-0.1, -0.05) is 17.7 Å². The van der Waals surface area contributed by atoms with Gasteiger partial charge in [-0.15, -0.1) is 0 Å². The molecule has 2 aromatic carbocycles. The fourth-order valence-electron chi connectivity index (χ4n) is 3.45. The van der Waals surface area contributed by atoms with E-state index >= 15 is 0 Å². The van der Waals surface area contributed by atoms with Crippen LogP contribution < -0.4 is 10.1 Å². The SMILES string of the molecule is CC(C)NC(=O)c1ccc(OC[C@H]2CCCN(C(=O)c3cccc(Cl)c3)C2)cc1. The fraction of sp³-hybridized carbons (Fsp3) is 0.391. The van der Waals surface area contributed by atoms with Gasteiger partial charge in [-0.3, -0.25) is 9.59 Å². The molecule has 1 saturated heterocycles. The predicted octanol–water partition coefficient (Wildman–Crippen LogP) is 4.41. The van der Waals surface area contributed by atoms with Crippen LogP contribution in [0.3, 0.4) is 0 Å². The highest BCUT2D eigenvalue weighted by Crippen LogP contribution is 2.22. The monoisotopic (exact) mass is 414 g/mol. The molecule has 5 nitrogen and oxygen atoms in total. The van der Waals surface area contributed by atoms with Gasteiger partial charge in [0.25, 0.3) is 11.8 Å². The quantitative estimate of drug-likeness (QED) is 0.761. The largest absolute Gasteiger partial charge is 0.493 e. The number of nitrogens with zero attached hydrogens (tertiary/aromatic N) is 1. The summed E-state index contributed by atoms with van der Waals surface area (Å²) < 4.78 is 5.92. The van der Waals surface area contributed by atoms with E-state index in [2.05, 4.69) is 5.32 Å². The molecule has 1 aliphatic rings. The van der Waals surface area contributed by atoms with Crippen LogP contribution in [-0.4, -0.2) is 42.5 Å². The van der Waals surface area contributed by atoms with Crippen LogP contribution in [-0.2, 0) is 0 Å². The Kier molecular flexibility index (Phi) is 7.15. The van der Waals surface area contributed by atoms with E-state index in [1.165, 1.54) is 0 Å². The molecule has 1 aliphatic heterocycles. The summed E-state index contributed by atoms with van der Waals surface area (Å²) in [5, 5.41) is 3.44. The number of hydrogen-bond acceptors (Lipinski definition) is 3. The normalized spacial score (nSPS) is 16.6. The number of rotatable bonds is 6. The number of likely N-dealkylation sites (tertiary alicyclic amines) is 1. The molecule has 1 atom stereocenters. The van der Waals surface area contributed by atoms with Crippen molar-refractivity contribution in [1.29, 1.82) is 0 Å². The third kappa shape index (κ3) is 5.97. The Balaban J connectivity index is 1.53. The van der Waals surface area contributed by atoms with Crippen LogP contribution in [0.4, 0.5) is 0 Å². The van der Waals surface area contributed by atoms with Gasteiger partial charge in [-0.25, -0.2) is 0 Å². The van der Waals surface area contributed by atoms with Crippen molar-refractivity contribution < 1.29 is 14.3 Å². The first kappa shape index (κ1) is 21.2. The maximum absolute atomic E-state index is 12.7. The first-order valence-electron chi connectivity index (χ1n) is 10.0. The third-order valence-electron chi connectivity index (χ3n) is 4.90. The van der Waals surface area contributed by atoms with Gasteiger partial charge in [0.05, 0.1) is 6.61 Å². The van der Waals surface area contributed by atoms with Gasteiger partial charge in [0, 0.05) is 41.2 Å². The number of nitrogens with one attached hydrogen (secondary N) is 1. The zero-order valence-electron chi connectivity index (χ0n) is 16.9. The number of carbonyl (C=O) groups is 2. The van der Waals surface area contributed by atoms with Crippen molar-refractivity contribution in [3.63, 3.8) is 0 Å². The van der Waals surface area contributed by atoms with E-state index in [1.807, 2.05) is 30.9 Å². The van der Waals surface area contributed by atoms with Crippen LogP contribution in [0.25, 0.3) is 0 Å². The second-order valence-corrected chi connectivity index (χ2v) is 8.17. The minimum absolute atomic E-state index is 0.0118. The Morgan fingerprint density at radius 3 is 2.62 bits per heavy atom. The Morgan fingerprint density at radius 1 is 1.17 bits per heavy atom. The van der Waals surface area contributed by atoms with Crippen molar-refractivity contribution in [2.75, 3.05) is 19.7 Å². The lowest BCUT2D eigenvalue weighted by molar-refractivity contribution is 0.0633. The minimum atomic E-state index is -0.0889. The van der Waals surface area contributed by atoms with Gasteiger partial charge in [-0.05, 0) is 69.2 Å². The average Bonchev–Trinajstić information content (AvgIpc) is 2.72. The van der Waals surface area contributed by atoms with Crippen LogP contribution >= 0.6 is 11.6 Å². The number of amides is 2. The summed E-state index contributed by atoms with van der Waals surface area (Å²) in [6.45, 7) is 5.82. The van der Waals surface area contributed by atoms with Crippen molar-refractivity contribution in [2.45, 2.75) is 32.7 Å². The van der Waals surface area contributed by atoms with Crippen molar-refractivity contribution in [2.24, 2.45) is 5.92 Å². The molecule has 0 aromatic heterocycles. The Bertz CT molecular complexity index is 851. The lowest BCUT2D eigenvalue weighted by Crippen LogP contribution is -2.41. The van der Waals surface area contributed by atoms with E-state index in [1.54, 1.807) is 36.4 Å². The number of ether oxygens (including phenoxy) is 1. The Labute approximate surface area is 177 Å². The topological polar surface area (TPSA) is 58.6 Å². The summed E-state index contributed by atoms with van der Waals surface area (Å²) in [4.78, 5) is 26.6. The highest BCUT2D eigenvalue weighted by Gasteiger charge is 2.25. The van der Waals surface area contributed by atoms with Crippen LogP contribution in [0.15, 0.2) is 48.5 Å². The Hall–Kier alpha value is -2.53. The smallest absolute Gasteiger partial charge is 0.253 e. The van der Waals surface area contributed by atoms with Crippen molar-refractivity contribution in [3.05, 3.63) is 64.7 Å². The number of carbonyl (C=O) groups excluding carboxylic acids is 2. The summed E-state index contributed by atoms with van der Waals surface area (Å²) in [6.07, 6.45) is 1.98. The molecule has 1 fully saturated rings. The van der Waals surface area contributed by atoms with Crippen LogP contribution in [0, 0.1) is 5.92 Å². The Morgan fingerprint density at radius 2 is 1.93 bits per heavy atom. The molecule has 0 spiro atoms. The molecule has 0 radical (unpaired) electrons. The van der Waals surface area contributed by atoms with Gasteiger partial charge < -0.3 is 15.0 Å². The number of halogens is 1. The van der Waals surface area contributed by atoms with Crippen molar-refractivity contribution in [3.8, 4) is 5.75 Å². The van der Waals surface area contributed by atoms with E-state index < -0.39 is 0 Å². The molecule has 2 aromatic rings. The third-order valence-corrected chi connectivity index (χ3v) is 5.13. The maximum Gasteiger partial charge on any atom is 0.253 e. The fourth-order valence-corrected chi connectivity index (χ4v) is 3.64. The summed E-state index contributed by atoms with van der Waals surface area (Å²) in [6, 6.07) is 14.3. The lowest BCUT2D eigenvalue weighted by atomic mass is 9.98. The van der Waals surface area contributed by atoms with E-state index in [0.717, 1.165) is 25.1 Å². The van der Waals surface area contributed by atoms with E-state index in [0.29, 0.717) is 29.3 Å². The molecule has 154 valence electrons. The summed E-state index contributed by atoms with van der Waals surface area (Å²) >= 11 is 6.01. The molecule has 1 N–H and O–H groups in total. The molecule has 0 bridgehead atoms. The van der Waals surface area contributed by atoms with Gasteiger partial charge in [0.2, 0.25) is 0 Å². The van der Waals surface area contributed by atoms with E-state index in [-0.39, 0.29) is 23.8 Å². The lowest BCUT2D eigenvalue weighted by Gasteiger charge is -2.32. The van der Waals surface area contributed by atoms with Gasteiger partial charge in [0.1, 0.15) is 5.75 Å². The van der Waals surface area contributed by atoms with Gasteiger partial charge in [0.15, 0.2) is 0 Å². The summed E-state index contributed by atoms with van der Waals surface area (Å²) in [5.41, 5.74) is 1.23. The van der Waals surface area contributed by atoms with Gasteiger partial charge in [-0.2, -0.15) is 0 Å². The molecular weight excluding hydrogens is 388 g/mol. The molecule has 0 aliphatic carbocycles. The molecule has 2 amide bonds. The standard InChI is InChI=1S/C23H27ClN2O3/c1-16(2)25-22(27)18-8-10-21(11-9-18)29-15-17-5-4-12-26(14-17)23(28)19-6-3-7-20(24)13-19/h3,6-11,13,16-17H,4-5,12,14-15H2,1-2H3,(H,25,27)/t17-/m0/s1. The number of hydrogen-bond donors (Lipinski definition) is 1. The highest BCUT2D eigenvalue weighted by atomic mass is 35.5. The molecule has 3 rings (SSSR count). The zero-order valence-corrected chi connectivity index (χ0v) is 17.6. The molecule has 29 heavy (non-hydrogen) atoms. The van der Waals surface area contributed by atoms with E-state index in [9.17, 15) is 9.59 Å². The molecule has 0 saturated carbocycles. The van der Waals surface area contributed by atoms with E-state index in [4.69, 9.17) is 16.3 Å². The number of piperidine rings is 1. The first-order valence-corrected chi connectivity index (χ1v) is 10.4. The molecule has 1 heterocycles. The van der Waals surface area contributed by atoms with Crippen LogP contribution in [0.1, 0.15) is 47.4 Å². The molecule has 0 unspecified atom stereocenters. The second kappa shape index (κ2) is 9.79. The number of benzene rings is 2. The molecular formula is C23H27ClN2O3. The zero-order chi connectivity index (χ0) is 20.8. The van der Waals surface area contributed by atoms with Crippen molar-refractivity contribution in [1.82, 2.24) is 10.2 Å². The summed E-state index contributed by atoms with van der Waals surface area (Å²) in [5.74, 6) is 0.923. The van der Waals surface area contributed by atoms with Gasteiger partial charge >= 0.3 is 0 Å². The summed E-state index contributed by atoms with van der Waals surface area (Å²) in [7, 11) is 0. The molecule has 6 heteroatoms. The van der Waals surface area contributed by atoms with Crippen LogP contribution in [0.5, 0.6) is 5.75 Å². The minimum Gasteiger partial charge on any atom is -0.493 e. The maximum atomic E-state index is 12.7. The van der Waals surface area contributed by atoms with Crippen LogP contribution in [0.2, 0.25) is 5.02 Å². The van der Waals surface area contributed by atoms with Crippen molar-refractivity contribution >= 4 is 23.4 Å². The highest BCUT2D eigenvalue weighted by molar-refractivity contribution is 6.30. The second-order valence-electron chi connectivity index (χ2n) is 7.73. The average molecular weight is 415 g/mol. The first-order chi connectivity index (χ1) is 13.9.